The minimum absolute atomic E-state index is 0.0223. The second-order valence-corrected chi connectivity index (χ2v) is 8.65. The highest BCUT2D eigenvalue weighted by atomic mass is 35.5. The molecule has 0 fully saturated rings. The van der Waals surface area contributed by atoms with Gasteiger partial charge in [0.1, 0.15) is 18.3 Å². The number of imidazole rings is 1. The fraction of sp³-hybridized carbons (Fsp3) is 0.250. The Morgan fingerprint density at radius 2 is 1.93 bits per heavy atom. The number of ether oxygens (including phenoxy) is 1. The maximum absolute atomic E-state index is 12.6. The normalized spacial score (nSPS) is 12.0. The Kier molecular flexibility index (Phi) is 7.88. The van der Waals surface area contributed by atoms with Crippen molar-refractivity contribution in [2.24, 2.45) is 0 Å². The molecule has 1 atom stereocenters. The van der Waals surface area contributed by atoms with Crippen molar-refractivity contribution in [3.8, 4) is 0 Å². The predicted molar refractivity (Wildman–Crippen MR) is 121 cm³/mol. The fourth-order valence-electron chi connectivity index (χ4n) is 2.73. The summed E-state index contributed by atoms with van der Waals surface area (Å²) in [6, 6.07) is 7.23. The van der Waals surface area contributed by atoms with Crippen LogP contribution in [0.5, 0.6) is 0 Å². The van der Waals surface area contributed by atoms with Crippen LogP contribution in [-0.4, -0.2) is 39.3 Å². The summed E-state index contributed by atoms with van der Waals surface area (Å²) in [6.07, 6.45) is 5.78. The van der Waals surface area contributed by atoms with Crippen molar-refractivity contribution in [3.05, 3.63) is 69.1 Å². The van der Waals surface area contributed by atoms with E-state index < -0.39 is 17.9 Å². The van der Waals surface area contributed by atoms with E-state index in [1.165, 1.54) is 12.1 Å². The second-order valence-electron chi connectivity index (χ2n) is 6.38. The highest BCUT2D eigenvalue weighted by Gasteiger charge is 2.24. The minimum atomic E-state index is -0.817. The maximum Gasteiger partial charge on any atom is 0.329 e. The summed E-state index contributed by atoms with van der Waals surface area (Å²) in [5.41, 5.74) is 1.50. The Balaban J connectivity index is 1.67. The number of carbonyl (C=O) groups excluding carboxylic acids is 2. The lowest BCUT2D eigenvalue weighted by Crippen LogP contribution is -2.42. The van der Waals surface area contributed by atoms with Crippen molar-refractivity contribution >= 4 is 64.1 Å². The number of nitrogens with one attached hydrogen (secondary N) is 1. The smallest absolute Gasteiger partial charge is 0.329 e. The molecule has 1 N–H and O–H groups in total. The lowest BCUT2D eigenvalue weighted by atomic mass is 10.1. The second kappa shape index (κ2) is 10.4. The van der Waals surface area contributed by atoms with Crippen molar-refractivity contribution < 1.29 is 14.3 Å². The Hall–Kier alpha value is -1.93. The van der Waals surface area contributed by atoms with Crippen LogP contribution < -0.4 is 5.32 Å². The number of pyridine rings is 1. The van der Waals surface area contributed by atoms with E-state index in [0.29, 0.717) is 33.6 Å². The number of carbonyl (C=O) groups is 2. The molecular weight excluding hydrogens is 469 g/mol. The van der Waals surface area contributed by atoms with E-state index in [9.17, 15) is 9.59 Å². The van der Waals surface area contributed by atoms with Crippen LogP contribution in [0.15, 0.2) is 42.7 Å². The van der Waals surface area contributed by atoms with Crippen LogP contribution in [0.25, 0.3) is 5.65 Å². The maximum atomic E-state index is 12.6. The average Bonchev–Trinajstić information content (AvgIpc) is 3.11. The highest BCUT2D eigenvalue weighted by molar-refractivity contribution is 7.98. The monoisotopic (exact) mass is 485 g/mol. The lowest BCUT2D eigenvalue weighted by molar-refractivity contribution is -0.147. The van der Waals surface area contributed by atoms with Gasteiger partial charge in [0.05, 0.1) is 21.3 Å². The molecule has 10 heteroatoms. The molecule has 0 aliphatic heterocycles. The zero-order chi connectivity index (χ0) is 21.7. The summed E-state index contributed by atoms with van der Waals surface area (Å²) in [7, 11) is 0. The van der Waals surface area contributed by atoms with E-state index in [0.717, 1.165) is 0 Å². The van der Waals surface area contributed by atoms with Gasteiger partial charge in [-0.05, 0) is 48.8 Å². The van der Waals surface area contributed by atoms with Crippen molar-refractivity contribution in [2.75, 3.05) is 12.0 Å². The zero-order valence-electron chi connectivity index (χ0n) is 15.9. The van der Waals surface area contributed by atoms with Crippen LogP contribution in [0.2, 0.25) is 15.1 Å². The number of rotatable bonds is 8. The number of esters is 1. The van der Waals surface area contributed by atoms with Gasteiger partial charge < -0.3 is 14.5 Å². The van der Waals surface area contributed by atoms with E-state index in [4.69, 9.17) is 39.5 Å². The lowest BCUT2D eigenvalue weighted by Gasteiger charge is -2.17. The molecule has 0 radical (unpaired) electrons. The van der Waals surface area contributed by atoms with Crippen LogP contribution in [0.4, 0.5) is 0 Å². The van der Waals surface area contributed by atoms with Crippen LogP contribution in [-0.2, 0) is 16.1 Å². The number of thioether (sulfide) groups is 1. The van der Waals surface area contributed by atoms with Crippen LogP contribution in [0, 0.1) is 0 Å². The van der Waals surface area contributed by atoms with Gasteiger partial charge in [0, 0.05) is 17.4 Å². The number of halogens is 3. The molecule has 0 bridgehead atoms. The third kappa shape index (κ3) is 5.82. The Bertz CT molecular complexity index is 1070. The molecule has 30 heavy (non-hydrogen) atoms. The molecule has 1 aromatic carbocycles. The molecule has 0 saturated heterocycles. The minimum Gasteiger partial charge on any atom is -0.458 e. The molecule has 0 aliphatic rings. The average molecular weight is 487 g/mol. The molecule has 3 rings (SSSR count). The standard InChI is InChI=1S/C20H18Cl3N3O3S/c1-30-7-6-17(25-19(27)15-4-2-12(21)8-16(15)23)20(28)29-11-14-10-26-9-13(22)3-5-18(26)24-14/h2-5,8-10,17H,6-7,11H2,1H3,(H,25,27). The number of nitrogens with zero attached hydrogens (tertiary/aromatic N) is 2. The molecule has 0 saturated carbocycles. The van der Waals surface area contributed by atoms with Gasteiger partial charge in [-0.15, -0.1) is 0 Å². The zero-order valence-corrected chi connectivity index (χ0v) is 19.0. The number of hydrogen-bond donors (Lipinski definition) is 1. The van der Waals surface area contributed by atoms with Crippen LogP contribution in [0.1, 0.15) is 22.5 Å². The highest BCUT2D eigenvalue weighted by Crippen LogP contribution is 2.21. The van der Waals surface area contributed by atoms with Crippen molar-refractivity contribution in [1.29, 1.82) is 0 Å². The fourth-order valence-corrected chi connectivity index (χ4v) is 3.86. The van der Waals surface area contributed by atoms with Crippen molar-refractivity contribution in [1.82, 2.24) is 14.7 Å². The van der Waals surface area contributed by atoms with E-state index in [1.807, 2.05) is 6.26 Å². The predicted octanol–water partition coefficient (Wildman–Crippen LogP) is 4.89. The van der Waals surface area contributed by atoms with E-state index >= 15 is 0 Å². The van der Waals surface area contributed by atoms with E-state index in [1.54, 1.807) is 46.8 Å². The Morgan fingerprint density at radius 3 is 2.67 bits per heavy atom. The van der Waals surface area contributed by atoms with Gasteiger partial charge in [-0.1, -0.05) is 34.8 Å². The molecule has 2 aromatic heterocycles. The van der Waals surface area contributed by atoms with E-state index in [-0.39, 0.29) is 17.2 Å². The molecule has 1 unspecified atom stereocenters. The van der Waals surface area contributed by atoms with Gasteiger partial charge in [0.25, 0.3) is 5.91 Å². The Morgan fingerprint density at radius 1 is 1.17 bits per heavy atom. The first-order chi connectivity index (χ1) is 14.4. The third-order valence-corrected chi connectivity index (χ3v) is 5.62. The topological polar surface area (TPSA) is 72.7 Å². The summed E-state index contributed by atoms with van der Waals surface area (Å²) in [6.45, 7) is -0.0223. The largest absolute Gasteiger partial charge is 0.458 e. The summed E-state index contributed by atoms with van der Waals surface area (Å²) in [5, 5.41) is 3.90. The van der Waals surface area contributed by atoms with Crippen LogP contribution in [0.3, 0.4) is 0 Å². The first kappa shape index (κ1) is 22.7. The molecule has 1 amide bonds. The van der Waals surface area contributed by atoms with Gasteiger partial charge in [0.15, 0.2) is 0 Å². The molecular formula is C20H18Cl3N3O3S. The SMILES string of the molecule is CSCCC(NC(=O)c1ccc(Cl)cc1Cl)C(=O)OCc1cn2cc(Cl)ccc2n1. The number of amides is 1. The van der Waals surface area contributed by atoms with Crippen molar-refractivity contribution in [2.45, 2.75) is 19.1 Å². The number of benzene rings is 1. The van der Waals surface area contributed by atoms with Gasteiger partial charge >= 0.3 is 5.97 Å². The summed E-state index contributed by atoms with van der Waals surface area (Å²) in [4.78, 5) is 29.6. The molecule has 3 aromatic rings. The third-order valence-electron chi connectivity index (χ3n) is 4.20. The van der Waals surface area contributed by atoms with E-state index in [2.05, 4.69) is 10.3 Å². The molecule has 0 aliphatic carbocycles. The number of hydrogen-bond acceptors (Lipinski definition) is 5. The first-order valence-corrected chi connectivity index (χ1v) is 11.4. The van der Waals surface area contributed by atoms with Crippen molar-refractivity contribution in [3.63, 3.8) is 0 Å². The summed E-state index contributed by atoms with van der Waals surface area (Å²) >= 11 is 19.5. The van der Waals surface area contributed by atoms with Gasteiger partial charge in [-0.3, -0.25) is 4.79 Å². The quantitative estimate of drug-likeness (QED) is 0.459. The molecule has 0 spiro atoms. The number of fused-ring (bicyclic) bond motifs is 1. The molecule has 2 heterocycles. The Labute approximate surface area is 192 Å². The molecule has 6 nitrogen and oxygen atoms in total. The molecule has 158 valence electrons. The van der Waals surface area contributed by atoms with Gasteiger partial charge in [0.2, 0.25) is 0 Å². The van der Waals surface area contributed by atoms with Gasteiger partial charge in [-0.25, -0.2) is 9.78 Å². The summed E-state index contributed by atoms with van der Waals surface area (Å²) < 4.78 is 7.16. The first-order valence-electron chi connectivity index (χ1n) is 8.92. The van der Waals surface area contributed by atoms with Crippen LogP contribution >= 0.6 is 46.6 Å². The van der Waals surface area contributed by atoms with Gasteiger partial charge in [-0.2, -0.15) is 11.8 Å². The number of aromatic nitrogens is 2. The summed E-state index contributed by atoms with van der Waals surface area (Å²) in [5.74, 6) is -0.346.